The lowest BCUT2D eigenvalue weighted by Gasteiger charge is -2.08. The first-order valence-corrected chi connectivity index (χ1v) is 6.16. The number of halogens is 2. The number of rotatable bonds is 2. The van der Waals surface area contributed by atoms with Crippen molar-refractivity contribution in [2.24, 2.45) is 0 Å². The fourth-order valence-corrected chi connectivity index (χ4v) is 2.22. The van der Waals surface area contributed by atoms with Gasteiger partial charge in [-0.05, 0) is 43.0 Å². The van der Waals surface area contributed by atoms with E-state index in [1.807, 2.05) is 0 Å². The molecule has 0 saturated heterocycles. The van der Waals surface area contributed by atoms with Gasteiger partial charge in [0.1, 0.15) is 5.15 Å². The van der Waals surface area contributed by atoms with Gasteiger partial charge in [-0.2, -0.15) is 0 Å². The van der Waals surface area contributed by atoms with Gasteiger partial charge < -0.3 is 0 Å². The number of alkyl halides is 1. The highest BCUT2D eigenvalue weighted by atomic mass is 35.5. The molecular formula is C13H13Cl2N. The van der Waals surface area contributed by atoms with E-state index in [9.17, 15) is 0 Å². The van der Waals surface area contributed by atoms with Crippen LogP contribution in [-0.2, 0) is 6.42 Å². The normalized spacial score (nSPS) is 11.0. The Kier molecular flexibility index (Phi) is 3.36. The molecule has 1 aromatic carbocycles. The number of nitrogens with zero attached hydrogens (tertiary/aromatic N) is 1. The van der Waals surface area contributed by atoms with Gasteiger partial charge >= 0.3 is 0 Å². The van der Waals surface area contributed by atoms with Crippen LogP contribution in [0.1, 0.15) is 16.7 Å². The van der Waals surface area contributed by atoms with Crippen molar-refractivity contribution in [2.45, 2.75) is 20.3 Å². The third-order valence-corrected chi connectivity index (χ3v) is 3.42. The molecule has 1 aromatic heterocycles. The van der Waals surface area contributed by atoms with Crippen molar-refractivity contribution >= 4 is 34.1 Å². The maximum atomic E-state index is 6.14. The van der Waals surface area contributed by atoms with Gasteiger partial charge in [-0.15, -0.1) is 11.6 Å². The van der Waals surface area contributed by atoms with Crippen molar-refractivity contribution < 1.29 is 0 Å². The average molecular weight is 254 g/mol. The summed E-state index contributed by atoms with van der Waals surface area (Å²) >= 11 is 11.9. The van der Waals surface area contributed by atoms with Crippen molar-refractivity contribution in [1.29, 1.82) is 0 Å². The fraction of sp³-hybridized carbons (Fsp3) is 0.308. The lowest BCUT2D eigenvalue weighted by Crippen LogP contribution is -1.94. The first-order valence-electron chi connectivity index (χ1n) is 5.25. The monoisotopic (exact) mass is 253 g/mol. The molecule has 0 spiro atoms. The molecule has 2 rings (SSSR count). The van der Waals surface area contributed by atoms with Gasteiger partial charge in [0.05, 0.1) is 5.52 Å². The number of fused-ring (bicyclic) bond motifs is 1. The number of pyridine rings is 1. The Hall–Kier alpha value is -0.790. The molecule has 2 aromatic rings. The SMILES string of the molecule is Cc1ccc2cc(CCCl)c(Cl)nc2c1C. The Morgan fingerprint density at radius 2 is 2.00 bits per heavy atom. The lowest BCUT2D eigenvalue weighted by molar-refractivity contribution is 1.12. The zero-order chi connectivity index (χ0) is 11.7. The van der Waals surface area contributed by atoms with Gasteiger partial charge in [0.25, 0.3) is 0 Å². The van der Waals surface area contributed by atoms with Crippen molar-refractivity contribution in [3.8, 4) is 0 Å². The van der Waals surface area contributed by atoms with E-state index in [4.69, 9.17) is 23.2 Å². The second-order valence-electron chi connectivity index (χ2n) is 3.96. The quantitative estimate of drug-likeness (QED) is 0.575. The highest BCUT2D eigenvalue weighted by Gasteiger charge is 2.07. The molecule has 0 amide bonds. The van der Waals surface area contributed by atoms with Crippen LogP contribution < -0.4 is 0 Å². The molecule has 0 aliphatic carbocycles. The van der Waals surface area contributed by atoms with E-state index in [1.165, 1.54) is 11.1 Å². The minimum absolute atomic E-state index is 0.567. The van der Waals surface area contributed by atoms with Gasteiger partial charge in [0.2, 0.25) is 0 Å². The zero-order valence-corrected chi connectivity index (χ0v) is 10.9. The van der Waals surface area contributed by atoms with Crippen molar-refractivity contribution in [2.75, 3.05) is 5.88 Å². The second-order valence-corrected chi connectivity index (χ2v) is 4.69. The average Bonchev–Trinajstić information content (AvgIpc) is 2.26. The first kappa shape index (κ1) is 11.7. The molecule has 0 saturated carbocycles. The second kappa shape index (κ2) is 4.60. The fourth-order valence-electron chi connectivity index (χ4n) is 1.78. The van der Waals surface area contributed by atoms with Crippen LogP contribution >= 0.6 is 23.2 Å². The summed E-state index contributed by atoms with van der Waals surface area (Å²) in [5.41, 5.74) is 4.44. The smallest absolute Gasteiger partial charge is 0.133 e. The summed E-state index contributed by atoms with van der Waals surface area (Å²) in [6, 6.07) is 6.27. The Bertz CT molecular complexity index is 535. The summed E-state index contributed by atoms with van der Waals surface area (Å²) in [7, 11) is 0. The summed E-state index contributed by atoms with van der Waals surface area (Å²) in [5, 5.41) is 1.70. The van der Waals surface area contributed by atoms with Gasteiger partial charge in [-0.3, -0.25) is 0 Å². The molecule has 0 N–H and O–H groups in total. The minimum Gasteiger partial charge on any atom is -0.236 e. The summed E-state index contributed by atoms with van der Waals surface area (Å²) in [4.78, 5) is 4.46. The van der Waals surface area contributed by atoms with Gasteiger partial charge in [-0.1, -0.05) is 23.7 Å². The summed E-state index contributed by atoms with van der Waals surface area (Å²) in [5.74, 6) is 0.567. The third kappa shape index (κ3) is 2.02. The van der Waals surface area contributed by atoms with Crippen LogP contribution in [0.3, 0.4) is 0 Å². The number of hydrogen-bond donors (Lipinski definition) is 0. The van der Waals surface area contributed by atoms with Crippen LogP contribution in [0.4, 0.5) is 0 Å². The Morgan fingerprint density at radius 3 is 2.69 bits per heavy atom. The van der Waals surface area contributed by atoms with E-state index in [0.717, 1.165) is 22.9 Å². The minimum atomic E-state index is 0.567. The molecule has 0 radical (unpaired) electrons. The van der Waals surface area contributed by atoms with E-state index in [1.54, 1.807) is 0 Å². The Balaban J connectivity index is 2.69. The van der Waals surface area contributed by atoms with Gasteiger partial charge in [-0.25, -0.2) is 4.98 Å². The maximum Gasteiger partial charge on any atom is 0.133 e. The van der Waals surface area contributed by atoms with Gasteiger partial charge in [0.15, 0.2) is 0 Å². The molecule has 1 heterocycles. The van der Waals surface area contributed by atoms with Crippen LogP contribution in [0.2, 0.25) is 5.15 Å². The molecular weight excluding hydrogens is 241 g/mol. The molecule has 0 atom stereocenters. The number of aryl methyl sites for hydroxylation is 3. The van der Waals surface area contributed by atoms with Crippen molar-refractivity contribution in [1.82, 2.24) is 4.98 Å². The van der Waals surface area contributed by atoms with Crippen molar-refractivity contribution in [3.05, 3.63) is 40.0 Å². The molecule has 0 fully saturated rings. The molecule has 1 nitrogen and oxygen atoms in total. The van der Waals surface area contributed by atoms with Crippen LogP contribution in [-0.4, -0.2) is 10.9 Å². The molecule has 16 heavy (non-hydrogen) atoms. The van der Waals surface area contributed by atoms with Gasteiger partial charge in [0, 0.05) is 11.3 Å². The summed E-state index contributed by atoms with van der Waals surface area (Å²) in [6.45, 7) is 4.15. The van der Waals surface area contributed by atoms with E-state index in [-0.39, 0.29) is 0 Å². The predicted octanol–water partition coefficient (Wildman–Crippen LogP) is 4.29. The Labute approximate surface area is 105 Å². The topological polar surface area (TPSA) is 12.9 Å². The van der Waals surface area contributed by atoms with Crippen LogP contribution in [0.5, 0.6) is 0 Å². The number of hydrogen-bond acceptors (Lipinski definition) is 1. The van der Waals surface area contributed by atoms with Crippen LogP contribution in [0.25, 0.3) is 10.9 Å². The molecule has 0 aliphatic rings. The highest BCUT2D eigenvalue weighted by molar-refractivity contribution is 6.30. The largest absolute Gasteiger partial charge is 0.236 e. The number of benzene rings is 1. The maximum absolute atomic E-state index is 6.14. The number of aromatic nitrogens is 1. The molecule has 3 heteroatoms. The lowest BCUT2D eigenvalue weighted by atomic mass is 10.0. The molecule has 0 aliphatic heterocycles. The third-order valence-electron chi connectivity index (χ3n) is 2.90. The summed E-state index contributed by atoms with van der Waals surface area (Å²) < 4.78 is 0. The first-order chi connectivity index (χ1) is 7.63. The van der Waals surface area contributed by atoms with E-state index in [0.29, 0.717) is 11.0 Å². The van der Waals surface area contributed by atoms with Crippen LogP contribution in [0.15, 0.2) is 18.2 Å². The van der Waals surface area contributed by atoms with E-state index < -0.39 is 0 Å². The standard InChI is InChI=1S/C13H13Cl2N/c1-8-3-4-10-7-11(5-6-14)13(15)16-12(10)9(8)2/h3-4,7H,5-6H2,1-2H3. The zero-order valence-electron chi connectivity index (χ0n) is 9.35. The molecule has 0 bridgehead atoms. The highest BCUT2D eigenvalue weighted by Crippen LogP contribution is 2.25. The predicted molar refractivity (Wildman–Crippen MR) is 70.7 cm³/mol. The van der Waals surface area contributed by atoms with E-state index >= 15 is 0 Å². The molecule has 0 unspecified atom stereocenters. The summed E-state index contributed by atoms with van der Waals surface area (Å²) in [6.07, 6.45) is 0.760. The molecule has 84 valence electrons. The van der Waals surface area contributed by atoms with Crippen LogP contribution in [0, 0.1) is 13.8 Å². The van der Waals surface area contributed by atoms with Crippen molar-refractivity contribution in [3.63, 3.8) is 0 Å². The van der Waals surface area contributed by atoms with E-state index in [2.05, 4.69) is 37.0 Å². The Morgan fingerprint density at radius 1 is 1.25 bits per heavy atom.